The van der Waals surface area contributed by atoms with Crippen molar-refractivity contribution in [3.05, 3.63) is 0 Å². The fourth-order valence-corrected chi connectivity index (χ4v) is 3.76. The van der Waals surface area contributed by atoms with Crippen LogP contribution >= 0.6 is 11.8 Å². The molecule has 0 saturated heterocycles. The lowest BCUT2D eigenvalue weighted by Crippen LogP contribution is -2.50. The van der Waals surface area contributed by atoms with Gasteiger partial charge in [0.05, 0.1) is 12.1 Å². The lowest BCUT2D eigenvalue weighted by Gasteiger charge is -2.28. The van der Waals surface area contributed by atoms with Gasteiger partial charge in [-0.1, -0.05) is 12.8 Å². The Morgan fingerprint density at radius 2 is 1.94 bits per heavy atom. The topological polar surface area (TPSA) is 61.4 Å². The molecule has 4 atom stereocenters. The molecule has 2 rings (SSSR count). The van der Waals surface area contributed by atoms with Crippen molar-refractivity contribution in [2.24, 2.45) is 0 Å². The summed E-state index contributed by atoms with van der Waals surface area (Å²) in [5, 5.41) is 16.5. The van der Waals surface area contributed by atoms with Crippen LogP contribution in [-0.4, -0.2) is 40.8 Å². The van der Waals surface area contributed by atoms with Crippen LogP contribution in [0.1, 0.15) is 44.9 Å². The van der Waals surface area contributed by atoms with Gasteiger partial charge in [-0.2, -0.15) is 11.8 Å². The number of thioether (sulfide) groups is 1. The zero-order chi connectivity index (χ0) is 13.0. The number of carbonyl (C=O) groups is 1. The molecule has 0 spiro atoms. The quantitative estimate of drug-likeness (QED) is 0.735. The molecule has 0 unspecified atom stereocenters. The summed E-state index contributed by atoms with van der Waals surface area (Å²) in [5.74, 6) is 0. The minimum atomic E-state index is -0.368. The molecule has 0 aromatic carbocycles. The van der Waals surface area contributed by atoms with E-state index in [0.29, 0.717) is 11.3 Å². The smallest absolute Gasteiger partial charge is 0.315 e. The largest absolute Gasteiger partial charge is 0.391 e. The van der Waals surface area contributed by atoms with E-state index in [-0.39, 0.29) is 18.2 Å². The van der Waals surface area contributed by atoms with Crippen LogP contribution in [0, 0.1) is 0 Å². The van der Waals surface area contributed by atoms with E-state index in [0.717, 1.165) is 38.5 Å². The number of amides is 2. The molecule has 18 heavy (non-hydrogen) atoms. The molecular formula is C13H24N2O2S. The summed E-state index contributed by atoms with van der Waals surface area (Å²) in [6, 6.07) is 0.146. The van der Waals surface area contributed by atoms with Gasteiger partial charge in [0.15, 0.2) is 0 Å². The molecule has 0 heterocycles. The number of aliphatic hydroxyl groups is 1. The molecule has 3 N–H and O–H groups in total. The lowest BCUT2D eigenvalue weighted by atomic mass is 9.93. The van der Waals surface area contributed by atoms with Crippen molar-refractivity contribution in [2.75, 3.05) is 6.26 Å². The van der Waals surface area contributed by atoms with E-state index in [1.54, 1.807) is 0 Å². The second-order valence-corrected chi connectivity index (χ2v) is 6.58. The SMILES string of the molecule is CS[C@@H]1CC[C@@H](NC(=O)N[C@@H]2CCCC[C@@H]2O)C1. The maximum absolute atomic E-state index is 11.9. The summed E-state index contributed by atoms with van der Waals surface area (Å²) < 4.78 is 0. The average molecular weight is 272 g/mol. The Morgan fingerprint density at radius 3 is 2.61 bits per heavy atom. The summed E-state index contributed by atoms with van der Waals surface area (Å²) in [7, 11) is 0. The van der Waals surface area contributed by atoms with Gasteiger partial charge in [-0.15, -0.1) is 0 Å². The molecule has 0 bridgehead atoms. The van der Waals surface area contributed by atoms with Crippen molar-refractivity contribution in [3.63, 3.8) is 0 Å². The van der Waals surface area contributed by atoms with Crippen LogP contribution in [0.3, 0.4) is 0 Å². The minimum Gasteiger partial charge on any atom is -0.391 e. The summed E-state index contributed by atoms with van der Waals surface area (Å²) in [6.45, 7) is 0. The monoisotopic (exact) mass is 272 g/mol. The highest BCUT2D eigenvalue weighted by molar-refractivity contribution is 7.99. The van der Waals surface area contributed by atoms with E-state index in [2.05, 4.69) is 16.9 Å². The molecular weight excluding hydrogens is 248 g/mol. The Bertz CT molecular complexity index is 288. The van der Waals surface area contributed by atoms with Crippen LogP contribution in [-0.2, 0) is 0 Å². The maximum atomic E-state index is 11.9. The number of hydrogen-bond acceptors (Lipinski definition) is 3. The van der Waals surface area contributed by atoms with Crippen molar-refractivity contribution in [3.8, 4) is 0 Å². The standard InChI is InChI=1S/C13H24N2O2S/c1-18-10-7-6-9(8-10)14-13(17)15-11-4-2-3-5-12(11)16/h9-12,16H,2-8H2,1H3,(H2,14,15,17)/t9-,10-,11-,12+/m1/s1. The van der Waals surface area contributed by atoms with E-state index in [1.165, 1.54) is 6.42 Å². The number of urea groups is 1. The van der Waals surface area contributed by atoms with E-state index < -0.39 is 0 Å². The number of hydrogen-bond donors (Lipinski definition) is 3. The van der Waals surface area contributed by atoms with Gasteiger partial charge < -0.3 is 15.7 Å². The fraction of sp³-hybridized carbons (Fsp3) is 0.923. The Labute approximate surface area is 113 Å². The predicted octanol–water partition coefficient (Wildman–Crippen LogP) is 1.87. The fourth-order valence-electron chi connectivity index (χ4n) is 2.96. The molecule has 4 nitrogen and oxygen atoms in total. The molecule has 2 aliphatic rings. The van der Waals surface area contributed by atoms with Crippen molar-refractivity contribution in [1.29, 1.82) is 0 Å². The highest BCUT2D eigenvalue weighted by atomic mass is 32.2. The molecule has 104 valence electrons. The van der Waals surface area contributed by atoms with Crippen LogP contribution in [0.4, 0.5) is 4.79 Å². The first-order valence-corrected chi connectivity index (χ1v) is 8.25. The van der Waals surface area contributed by atoms with Gasteiger partial charge in [0, 0.05) is 11.3 Å². The third kappa shape index (κ3) is 3.79. The summed E-state index contributed by atoms with van der Waals surface area (Å²) >= 11 is 1.89. The lowest BCUT2D eigenvalue weighted by molar-refractivity contribution is 0.0940. The molecule has 2 amide bonds. The summed E-state index contributed by atoms with van der Waals surface area (Å²) in [5.41, 5.74) is 0. The van der Waals surface area contributed by atoms with Crippen LogP contribution in [0.5, 0.6) is 0 Å². The van der Waals surface area contributed by atoms with Gasteiger partial charge in [-0.3, -0.25) is 0 Å². The van der Waals surface area contributed by atoms with Crippen LogP contribution in [0.2, 0.25) is 0 Å². The average Bonchev–Trinajstić information content (AvgIpc) is 2.80. The first-order chi connectivity index (χ1) is 8.69. The van der Waals surface area contributed by atoms with E-state index in [9.17, 15) is 9.90 Å². The second kappa shape index (κ2) is 6.66. The molecule has 0 aromatic heterocycles. The summed E-state index contributed by atoms with van der Waals surface area (Å²) in [6.07, 6.45) is 8.97. The third-order valence-corrected chi connectivity index (χ3v) is 5.19. The molecule has 2 fully saturated rings. The highest BCUT2D eigenvalue weighted by Gasteiger charge is 2.28. The van der Waals surface area contributed by atoms with Crippen molar-refractivity contribution in [2.45, 2.75) is 68.4 Å². The molecule has 0 radical (unpaired) electrons. The number of nitrogens with one attached hydrogen (secondary N) is 2. The second-order valence-electron chi connectivity index (χ2n) is 5.44. The molecule has 0 aliphatic heterocycles. The van der Waals surface area contributed by atoms with Gasteiger partial charge in [0.2, 0.25) is 0 Å². The van der Waals surface area contributed by atoms with Crippen LogP contribution in [0.25, 0.3) is 0 Å². The number of rotatable bonds is 3. The van der Waals surface area contributed by atoms with Gasteiger partial charge in [-0.25, -0.2) is 4.79 Å². The maximum Gasteiger partial charge on any atom is 0.315 e. The molecule has 5 heteroatoms. The normalized spacial score (nSPS) is 36.3. The Hall–Kier alpha value is -0.420. The van der Waals surface area contributed by atoms with Gasteiger partial charge in [0.1, 0.15) is 0 Å². The Balaban J connectivity index is 1.71. The van der Waals surface area contributed by atoms with Gasteiger partial charge in [0.25, 0.3) is 0 Å². The first kappa shape index (κ1) is 14.0. The minimum absolute atomic E-state index is 0.0588. The third-order valence-electron chi connectivity index (χ3n) is 4.10. The van der Waals surface area contributed by atoms with E-state index in [1.807, 2.05) is 11.8 Å². The van der Waals surface area contributed by atoms with Crippen LogP contribution < -0.4 is 10.6 Å². The first-order valence-electron chi connectivity index (χ1n) is 6.97. The van der Waals surface area contributed by atoms with Gasteiger partial charge in [-0.05, 0) is 38.4 Å². The number of carbonyl (C=O) groups excluding carboxylic acids is 1. The molecule has 0 aromatic rings. The van der Waals surface area contributed by atoms with Crippen molar-refractivity contribution in [1.82, 2.24) is 10.6 Å². The highest BCUT2D eigenvalue weighted by Crippen LogP contribution is 2.28. The Morgan fingerprint density at radius 1 is 1.17 bits per heavy atom. The predicted molar refractivity (Wildman–Crippen MR) is 74.9 cm³/mol. The summed E-state index contributed by atoms with van der Waals surface area (Å²) in [4.78, 5) is 11.9. The zero-order valence-electron chi connectivity index (χ0n) is 11.0. The van der Waals surface area contributed by atoms with E-state index in [4.69, 9.17) is 0 Å². The van der Waals surface area contributed by atoms with Gasteiger partial charge >= 0.3 is 6.03 Å². The van der Waals surface area contributed by atoms with Crippen LogP contribution in [0.15, 0.2) is 0 Å². The van der Waals surface area contributed by atoms with E-state index >= 15 is 0 Å². The number of aliphatic hydroxyl groups excluding tert-OH is 1. The molecule has 2 aliphatic carbocycles. The van der Waals surface area contributed by atoms with Crippen molar-refractivity contribution >= 4 is 17.8 Å². The molecule has 2 saturated carbocycles. The zero-order valence-corrected chi connectivity index (χ0v) is 11.8. The van der Waals surface area contributed by atoms with Crippen molar-refractivity contribution < 1.29 is 9.90 Å². The Kier molecular flexibility index (Phi) is 5.18.